The van der Waals surface area contributed by atoms with Crippen LogP contribution >= 0.6 is 23.2 Å². The monoisotopic (exact) mass is 480 g/mol. The summed E-state index contributed by atoms with van der Waals surface area (Å²) in [6.07, 6.45) is -4.15. The highest BCUT2D eigenvalue weighted by atomic mass is 35.5. The molecule has 0 atom stereocenters. The van der Waals surface area contributed by atoms with Crippen molar-refractivity contribution in [3.8, 4) is 0 Å². The number of carbonyl (C=O) groups excluding carboxylic acids is 1. The van der Waals surface area contributed by atoms with Crippen molar-refractivity contribution in [3.05, 3.63) is 58.1 Å². The standard InChI is InChI=1S/C19H17Cl2F3N2O3S/c20-16-5-4-14(11-17(16)21)25-18(27)12-6-8-26(9-7-12)30(28,29)15-3-1-2-13(10-15)19(22,23)24/h1-5,10-12H,6-9H2,(H,25,27). The molecule has 1 aliphatic heterocycles. The van der Waals surface area contributed by atoms with E-state index in [4.69, 9.17) is 23.2 Å². The fourth-order valence-corrected chi connectivity index (χ4v) is 4.97. The summed E-state index contributed by atoms with van der Waals surface area (Å²) in [6, 6.07) is 8.29. The lowest BCUT2D eigenvalue weighted by Gasteiger charge is -2.30. The van der Waals surface area contributed by atoms with E-state index >= 15 is 0 Å². The number of halogens is 5. The van der Waals surface area contributed by atoms with E-state index in [2.05, 4.69) is 5.32 Å². The summed E-state index contributed by atoms with van der Waals surface area (Å²) in [6.45, 7) is 0.0517. The highest BCUT2D eigenvalue weighted by Gasteiger charge is 2.35. The number of amides is 1. The van der Waals surface area contributed by atoms with Crippen LogP contribution in [0, 0.1) is 5.92 Å². The molecule has 0 radical (unpaired) electrons. The predicted octanol–water partition coefficient (Wildman–Crippen LogP) is 5.05. The first-order valence-electron chi connectivity index (χ1n) is 8.92. The van der Waals surface area contributed by atoms with E-state index in [0.29, 0.717) is 16.8 Å². The average Bonchev–Trinajstić information content (AvgIpc) is 2.70. The highest BCUT2D eigenvalue weighted by molar-refractivity contribution is 7.89. The zero-order valence-electron chi connectivity index (χ0n) is 15.4. The second-order valence-corrected chi connectivity index (χ2v) is 9.57. The molecule has 0 unspecified atom stereocenters. The SMILES string of the molecule is O=C(Nc1ccc(Cl)c(Cl)c1)C1CCN(S(=O)(=O)c2cccc(C(F)(F)F)c2)CC1. The summed E-state index contributed by atoms with van der Waals surface area (Å²) in [5, 5.41) is 3.35. The van der Waals surface area contributed by atoms with Crippen molar-refractivity contribution in [1.82, 2.24) is 4.31 Å². The number of sulfonamides is 1. The summed E-state index contributed by atoms with van der Waals surface area (Å²) in [4.78, 5) is 12.0. The first-order valence-corrected chi connectivity index (χ1v) is 11.1. The van der Waals surface area contributed by atoms with Gasteiger partial charge in [-0.25, -0.2) is 8.42 Å². The van der Waals surface area contributed by atoms with Crippen LogP contribution in [0.25, 0.3) is 0 Å². The van der Waals surface area contributed by atoms with Crippen LogP contribution in [0.15, 0.2) is 47.4 Å². The quantitative estimate of drug-likeness (QED) is 0.665. The van der Waals surface area contributed by atoms with Crippen LogP contribution in [0.1, 0.15) is 18.4 Å². The number of anilines is 1. The topological polar surface area (TPSA) is 66.5 Å². The van der Waals surface area contributed by atoms with Gasteiger partial charge in [0.2, 0.25) is 15.9 Å². The molecule has 3 rings (SSSR count). The van der Waals surface area contributed by atoms with Crippen LogP contribution in [-0.2, 0) is 21.0 Å². The minimum atomic E-state index is -4.64. The average molecular weight is 481 g/mol. The molecule has 0 aromatic heterocycles. The van der Waals surface area contributed by atoms with Gasteiger partial charge in [-0.3, -0.25) is 4.79 Å². The van der Waals surface area contributed by atoms with Crippen molar-refractivity contribution in [2.45, 2.75) is 23.9 Å². The second-order valence-electron chi connectivity index (χ2n) is 6.82. The molecule has 1 amide bonds. The predicted molar refractivity (Wildman–Crippen MR) is 108 cm³/mol. The Bertz CT molecular complexity index is 1050. The Morgan fingerprint density at radius 3 is 2.30 bits per heavy atom. The third kappa shape index (κ3) is 5.08. The van der Waals surface area contributed by atoms with Gasteiger partial charge in [-0.2, -0.15) is 17.5 Å². The molecule has 162 valence electrons. The fourth-order valence-electron chi connectivity index (χ4n) is 3.16. The van der Waals surface area contributed by atoms with Gasteiger partial charge in [0.1, 0.15) is 0 Å². The third-order valence-electron chi connectivity index (χ3n) is 4.81. The lowest BCUT2D eigenvalue weighted by molar-refractivity contribution is -0.137. The first-order chi connectivity index (χ1) is 14.0. The molecule has 1 N–H and O–H groups in total. The zero-order valence-corrected chi connectivity index (χ0v) is 17.7. The van der Waals surface area contributed by atoms with Gasteiger partial charge in [0.25, 0.3) is 0 Å². The third-order valence-corrected chi connectivity index (χ3v) is 7.44. The van der Waals surface area contributed by atoms with Crippen LogP contribution in [0.3, 0.4) is 0 Å². The van der Waals surface area contributed by atoms with Gasteiger partial charge in [-0.1, -0.05) is 29.3 Å². The number of benzene rings is 2. The largest absolute Gasteiger partial charge is 0.416 e. The summed E-state index contributed by atoms with van der Waals surface area (Å²) in [5.41, 5.74) is -0.562. The maximum atomic E-state index is 12.9. The molecule has 1 heterocycles. The number of rotatable bonds is 4. The van der Waals surface area contributed by atoms with E-state index in [1.54, 1.807) is 12.1 Å². The maximum absolute atomic E-state index is 12.9. The van der Waals surface area contributed by atoms with Crippen molar-refractivity contribution >= 4 is 44.8 Å². The number of piperidine rings is 1. The Morgan fingerprint density at radius 2 is 1.70 bits per heavy atom. The lowest BCUT2D eigenvalue weighted by Crippen LogP contribution is -2.41. The maximum Gasteiger partial charge on any atom is 0.416 e. The molecule has 30 heavy (non-hydrogen) atoms. The number of nitrogens with one attached hydrogen (secondary N) is 1. The minimum absolute atomic E-state index is 0.0258. The minimum Gasteiger partial charge on any atom is -0.326 e. The molecule has 11 heteroatoms. The number of hydrogen-bond acceptors (Lipinski definition) is 3. The fraction of sp³-hybridized carbons (Fsp3) is 0.316. The van der Waals surface area contributed by atoms with Crippen LogP contribution in [0.2, 0.25) is 10.0 Å². The van der Waals surface area contributed by atoms with E-state index in [1.165, 1.54) is 6.07 Å². The number of nitrogens with zero attached hydrogens (tertiary/aromatic N) is 1. The molecule has 1 aliphatic rings. The van der Waals surface area contributed by atoms with Crippen LogP contribution < -0.4 is 5.32 Å². The number of carbonyl (C=O) groups is 1. The van der Waals surface area contributed by atoms with Crippen molar-refractivity contribution in [3.63, 3.8) is 0 Å². The Kier molecular flexibility index (Phi) is 6.66. The molecule has 0 bridgehead atoms. The molecule has 0 aliphatic carbocycles. The summed E-state index contributed by atoms with van der Waals surface area (Å²) >= 11 is 11.8. The zero-order chi connectivity index (χ0) is 22.1. The molecule has 0 saturated carbocycles. The Balaban J connectivity index is 1.66. The van der Waals surface area contributed by atoms with Crippen molar-refractivity contribution in [2.75, 3.05) is 18.4 Å². The van der Waals surface area contributed by atoms with Crippen molar-refractivity contribution in [2.24, 2.45) is 5.92 Å². The van der Waals surface area contributed by atoms with E-state index in [1.807, 2.05) is 0 Å². The summed E-state index contributed by atoms with van der Waals surface area (Å²) in [5.74, 6) is -0.725. The van der Waals surface area contributed by atoms with Crippen LogP contribution in [0.5, 0.6) is 0 Å². The molecular formula is C19H17Cl2F3N2O3S. The van der Waals surface area contributed by atoms with E-state index in [0.717, 1.165) is 22.5 Å². The van der Waals surface area contributed by atoms with Gasteiger partial charge < -0.3 is 5.32 Å². The number of alkyl halides is 3. The van der Waals surface area contributed by atoms with E-state index in [9.17, 15) is 26.4 Å². The van der Waals surface area contributed by atoms with Gasteiger partial charge in [-0.05, 0) is 49.2 Å². The van der Waals surface area contributed by atoms with Gasteiger partial charge in [0.05, 0.1) is 20.5 Å². The molecular weight excluding hydrogens is 464 g/mol. The van der Waals surface area contributed by atoms with Crippen molar-refractivity contribution in [1.29, 1.82) is 0 Å². The summed E-state index contributed by atoms with van der Waals surface area (Å²) < 4.78 is 65.3. The van der Waals surface area contributed by atoms with Gasteiger partial charge in [0.15, 0.2) is 0 Å². The molecule has 1 fully saturated rings. The lowest BCUT2D eigenvalue weighted by atomic mass is 9.97. The molecule has 0 spiro atoms. The molecule has 1 saturated heterocycles. The molecule has 2 aromatic carbocycles. The van der Waals surface area contributed by atoms with Crippen LogP contribution in [0.4, 0.5) is 18.9 Å². The Morgan fingerprint density at radius 1 is 1.03 bits per heavy atom. The molecule has 5 nitrogen and oxygen atoms in total. The van der Waals surface area contributed by atoms with E-state index in [-0.39, 0.29) is 36.9 Å². The Labute approximate surface area is 181 Å². The van der Waals surface area contributed by atoms with Gasteiger partial charge in [-0.15, -0.1) is 0 Å². The smallest absolute Gasteiger partial charge is 0.326 e. The van der Waals surface area contributed by atoms with E-state index < -0.39 is 32.6 Å². The van der Waals surface area contributed by atoms with Gasteiger partial charge in [0, 0.05) is 24.7 Å². The molecule has 2 aromatic rings. The highest BCUT2D eigenvalue weighted by Crippen LogP contribution is 2.32. The van der Waals surface area contributed by atoms with Crippen molar-refractivity contribution < 1.29 is 26.4 Å². The van der Waals surface area contributed by atoms with Crippen LogP contribution in [-0.4, -0.2) is 31.7 Å². The second kappa shape index (κ2) is 8.74. The van der Waals surface area contributed by atoms with Gasteiger partial charge >= 0.3 is 6.18 Å². The first kappa shape index (κ1) is 22.9. The Hall–Kier alpha value is -1.81. The normalized spacial score (nSPS) is 16.4. The number of hydrogen-bond donors (Lipinski definition) is 1. The summed E-state index contributed by atoms with van der Waals surface area (Å²) in [7, 11) is -4.09.